The molecule has 0 aliphatic carbocycles. The van der Waals surface area contributed by atoms with Crippen LogP contribution in [0.25, 0.3) is 0 Å². The molecule has 0 saturated carbocycles. The van der Waals surface area contributed by atoms with Gasteiger partial charge in [-0.15, -0.1) is 6.58 Å². The molecule has 1 aromatic carbocycles. The number of nitrogens with one attached hydrogen (secondary N) is 2. The Balaban J connectivity index is 2.32. The van der Waals surface area contributed by atoms with Crippen molar-refractivity contribution < 1.29 is 9.47 Å². The molecule has 1 heterocycles. The van der Waals surface area contributed by atoms with Crippen molar-refractivity contribution in [3.8, 4) is 11.5 Å². The smallest absolute Gasteiger partial charge is 0.159 e. The Kier molecular flexibility index (Phi) is 5.02. The molecule has 4 N–H and O–H groups in total. The second-order valence-electron chi connectivity index (χ2n) is 4.35. The maximum Gasteiger partial charge on any atom is 0.159 e. The monoisotopic (exact) mass is 301 g/mol. The summed E-state index contributed by atoms with van der Waals surface area (Å²) in [5.41, 5.74) is 7.19. The first-order valence-corrected chi connectivity index (χ1v) is 6.64. The topological polar surface area (TPSA) is 94.3 Å². The van der Waals surface area contributed by atoms with Crippen molar-refractivity contribution in [2.24, 2.45) is 0 Å². The van der Waals surface area contributed by atoms with E-state index >= 15 is 0 Å². The lowest BCUT2D eigenvalue weighted by molar-refractivity contribution is 0.405. The van der Waals surface area contributed by atoms with E-state index in [1.165, 1.54) is 6.33 Å². The third-order valence-corrected chi connectivity index (χ3v) is 2.96. The van der Waals surface area contributed by atoms with E-state index in [2.05, 4.69) is 27.2 Å². The molecule has 0 amide bonds. The van der Waals surface area contributed by atoms with Crippen LogP contribution in [0.5, 0.6) is 11.5 Å². The fraction of sp³-hybridized carbons (Fsp3) is 0.200. The molecule has 7 heteroatoms. The van der Waals surface area contributed by atoms with E-state index in [1.807, 2.05) is 6.07 Å². The van der Waals surface area contributed by atoms with Gasteiger partial charge in [0, 0.05) is 12.6 Å². The van der Waals surface area contributed by atoms with Crippen LogP contribution in [0.15, 0.2) is 37.2 Å². The summed E-state index contributed by atoms with van der Waals surface area (Å²) in [6, 6.07) is 5.41. The normalized spacial score (nSPS) is 9.91. The summed E-state index contributed by atoms with van der Waals surface area (Å²) in [6.07, 6.45) is 3.15. The Morgan fingerprint density at radius 3 is 2.68 bits per heavy atom. The van der Waals surface area contributed by atoms with Gasteiger partial charge in [-0.05, 0) is 12.1 Å². The molecule has 22 heavy (non-hydrogen) atoms. The van der Waals surface area contributed by atoms with Gasteiger partial charge >= 0.3 is 0 Å². The zero-order valence-corrected chi connectivity index (χ0v) is 12.6. The minimum Gasteiger partial charge on any atom is -0.497 e. The van der Waals surface area contributed by atoms with Crippen LogP contribution in [0.4, 0.5) is 23.0 Å². The summed E-state index contributed by atoms with van der Waals surface area (Å²) in [6.45, 7) is 4.20. The second-order valence-corrected chi connectivity index (χ2v) is 4.35. The molecule has 0 atom stereocenters. The zero-order valence-electron chi connectivity index (χ0n) is 12.6. The summed E-state index contributed by atoms with van der Waals surface area (Å²) >= 11 is 0. The van der Waals surface area contributed by atoms with Gasteiger partial charge in [-0.25, -0.2) is 9.97 Å². The summed E-state index contributed by atoms with van der Waals surface area (Å²) < 4.78 is 10.5. The molecule has 2 aromatic rings. The van der Waals surface area contributed by atoms with Gasteiger partial charge in [0.15, 0.2) is 11.6 Å². The quantitative estimate of drug-likeness (QED) is 0.676. The Hall–Kier alpha value is -2.96. The molecule has 1 aromatic heterocycles. The van der Waals surface area contributed by atoms with E-state index < -0.39 is 0 Å². The number of hydrogen-bond donors (Lipinski definition) is 3. The minimum atomic E-state index is 0.411. The van der Waals surface area contributed by atoms with Crippen molar-refractivity contribution >= 4 is 23.0 Å². The zero-order chi connectivity index (χ0) is 15.9. The van der Waals surface area contributed by atoms with E-state index in [9.17, 15) is 0 Å². The van der Waals surface area contributed by atoms with Gasteiger partial charge in [-0.1, -0.05) is 6.08 Å². The van der Waals surface area contributed by atoms with Crippen molar-refractivity contribution in [1.82, 2.24) is 9.97 Å². The number of nitrogen functional groups attached to an aromatic ring is 1. The van der Waals surface area contributed by atoms with Crippen LogP contribution in [0.2, 0.25) is 0 Å². The number of methoxy groups -OCH3 is 2. The third kappa shape index (κ3) is 3.38. The lowest BCUT2D eigenvalue weighted by Crippen LogP contribution is -2.08. The van der Waals surface area contributed by atoms with Crippen molar-refractivity contribution in [3.63, 3.8) is 0 Å². The molecule has 0 unspecified atom stereocenters. The molecule has 0 aliphatic rings. The van der Waals surface area contributed by atoms with Crippen LogP contribution in [-0.4, -0.2) is 30.7 Å². The van der Waals surface area contributed by atoms with Crippen molar-refractivity contribution in [2.75, 3.05) is 37.1 Å². The van der Waals surface area contributed by atoms with Crippen LogP contribution in [0.1, 0.15) is 0 Å². The molecule has 7 nitrogen and oxygen atoms in total. The number of rotatable bonds is 7. The molecule has 0 radical (unpaired) electrons. The fourth-order valence-corrected chi connectivity index (χ4v) is 1.84. The van der Waals surface area contributed by atoms with Gasteiger partial charge in [-0.2, -0.15) is 0 Å². The first-order valence-electron chi connectivity index (χ1n) is 6.64. The van der Waals surface area contributed by atoms with Gasteiger partial charge in [0.05, 0.1) is 19.9 Å². The van der Waals surface area contributed by atoms with Gasteiger partial charge < -0.3 is 25.8 Å². The van der Waals surface area contributed by atoms with E-state index in [4.69, 9.17) is 15.2 Å². The highest BCUT2D eigenvalue weighted by Crippen LogP contribution is 2.33. The Labute approximate surface area is 129 Å². The maximum atomic E-state index is 6.08. The van der Waals surface area contributed by atoms with Gasteiger partial charge in [-0.3, -0.25) is 0 Å². The lowest BCUT2D eigenvalue weighted by atomic mass is 10.2. The Morgan fingerprint density at radius 2 is 2.00 bits per heavy atom. The SMILES string of the molecule is C=CCNc1ncnc(Nc2cc(OC)ccc2OC)c1N. The molecule has 0 bridgehead atoms. The van der Waals surface area contributed by atoms with E-state index in [1.54, 1.807) is 32.4 Å². The third-order valence-electron chi connectivity index (χ3n) is 2.96. The number of hydrogen-bond acceptors (Lipinski definition) is 7. The van der Waals surface area contributed by atoms with Gasteiger partial charge in [0.1, 0.15) is 23.5 Å². The number of nitrogens with two attached hydrogens (primary N) is 1. The van der Waals surface area contributed by atoms with E-state index in [0.29, 0.717) is 41.1 Å². The summed E-state index contributed by atoms with van der Waals surface area (Å²) in [5, 5.41) is 6.19. The minimum absolute atomic E-state index is 0.411. The first-order chi connectivity index (χ1) is 10.7. The molecule has 2 rings (SSSR count). The average Bonchev–Trinajstić information content (AvgIpc) is 2.55. The van der Waals surface area contributed by atoms with Crippen LogP contribution >= 0.6 is 0 Å². The maximum absolute atomic E-state index is 6.08. The molecular formula is C15H19N5O2. The lowest BCUT2D eigenvalue weighted by Gasteiger charge is -2.14. The van der Waals surface area contributed by atoms with E-state index in [0.717, 1.165) is 0 Å². The molecule has 116 valence electrons. The van der Waals surface area contributed by atoms with E-state index in [-0.39, 0.29) is 0 Å². The van der Waals surface area contributed by atoms with Crippen LogP contribution in [0.3, 0.4) is 0 Å². The first kappa shape index (κ1) is 15.4. The molecule has 0 aliphatic heterocycles. The highest BCUT2D eigenvalue weighted by atomic mass is 16.5. The average molecular weight is 301 g/mol. The fourth-order valence-electron chi connectivity index (χ4n) is 1.84. The summed E-state index contributed by atoms with van der Waals surface area (Å²) in [5.74, 6) is 2.37. The molecule has 0 saturated heterocycles. The second kappa shape index (κ2) is 7.16. The van der Waals surface area contributed by atoms with Gasteiger partial charge in [0.2, 0.25) is 0 Å². The number of nitrogens with zero attached hydrogens (tertiary/aromatic N) is 2. The van der Waals surface area contributed by atoms with Crippen molar-refractivity contribution in [1.29, 1.82) is 0 Å². The number of ether oxygens (including phenoxy) is 2. The highest BCUT2D eigenvalue weighted by Gasteiger charge is 2.11. The molecular weight excluding hydrogens is 282 g/mol. The Bertz CT molecular complexity index is 660. The van der Waals surface area contributed by atoms with Crippen LogP contribution < -0.4 is 25.8 Å². The Morgan fingerprint density at radius 1 is 1.23 bits per heavy atom. The molecule has 0 fully saturated rings. The number of benzene rings is 1. The predicted molar refractivity (Wildman–Crippen MR) is 88.0 cm³/mol. The van der Waals surface area contributed by atoms with Crippen LogP contribution in [0, 0.1) is 0 Å². The van der Waals surface area contributed by atoms with Crippen molar-refractivity contribution in [3.05, 3.63) is 37.2 Å². The standard InChI is InChI=1S/C15H19N5O2/c1-4-7-17-14-13(16)15(19-9-18-14)20-11-8-10(21-2)5-6-12(11)22-3/h4-6,8-9H,1,7,16H2,2-3H3,(H2,17,18,19,20). The predicted octanol–water partition coefficient (Wildman–Crippen LogP) is 2.42. The van der Waals surface area contributed by atoms with Crippen LogP contribution in [-0.2, 0) is 0 Å². The number of aromatic nitrogens is 2. The van der Waals surface area contributed by atoms with Gasteiger partial charge in [0.25, 0.3) is 0 Å². The highest BCUT2D eigenvalue weighted by molar-refractivity contribution is 5.79. The largest absolute Gasteiger partial charge is 0.497 e. The molecule has 0 spiro atoms. The number of anilines is 4. The summed E-state index contributed by atoms with van der Waals surface area (Å²) in [4.78, 5) is 8.27. The van der Waals surface area contributed by atoms with Crippen molar-refractivity contribution in [2.45, 2.75) is 0 Å². The summed E-state index contributed by atoms with van der Waals surface area (Å²) in [7, 11) is 3.19.